The van der Waals surface area contributed by atoms with E-state index in [9.17, 15) is 14.4 Å². The van der Waals surface area contributed by atoms with Crippen LogP contribution in [0.1, 0.15) is 39.9 Å². The molecule has 4 aromatic carbocycles. The molecule has 0 fully saturated rings. The van der Waals surface area contributed by atoms with Crippen LogP contribution in [-0.4, -0.2) is 43.6 Å². The zero-order chi connectivity index (χ0) is 34.7. The molecule has 11 nitrogen and oxygen atoms in total. The lowest BCUT2D eigenvalue weighted by Gasteiger charge is -2.08. The largest absolute Gasteiger partial charge is 0.494 e. The average molecular weight is 663 g/mol. The number of esters is 3. The normalized spacial score (nSPS) is 10.8. The van der Waals surface area contributed by atoms with Gasteiger partial charge in [-0.05, 0) is 114 Å². The van der Waals surface area contributed by atoms with Crippen LogP contribution in [0, 0.1) is 0 Å². The highest BCUT2D eigenvalue weighted by atomic mass is 17.2. The summed E-state index contributed by atoms with van der Waals surface area (Å²) in [6.07, 6.45) is 6.78. The molecule has 0 aliphatic rings. The Bertz CT molecular complexity index is 1750. The van der Waals surface area contributed by atoms with Gasteiger partial charge in [-0.15, -0.1) is 0 Å². The molecule has 0 amide bonds. The summed E-state index contributed by atoms with van der Waals surface area (Å²) in [6.45, 7) is 7.67. The maximum absolute atomic E-state index is 12.6. The zero-order valence-corrected chi connectivity index (χ0v) is 26.6. The maximum atomic E-state index is 12.6. The lowest BCUT2D eigenvalue weighted by atomic mass is 10.2. The van der Waals surface area contributed by atoms with Crippen molar-refractivity contribution in [2.45, 2.75) is 19.4 Å². The Balaban J connectivity index is 1.14. The number of nitrogens with zero attached hydrogens (tertiary/aromatic N) is 2. The van der Waals surface area contributed by atoms with Gasteiger partial charge in [0.1, 0.15) is 23.9 Å². The number of carbonyl (C=O) groups is 3. The third kappa shape index (κ3) is 12.8. The van der Waals surface area contributed by atoms with Crippen LogP contribution in [0.3, 0.4) is 0 Å². The van der Waals surface area contributed by atoms with Crippen molar-refractivity contribution in [1.29, 1.82) is 0 Å². The van der Waals surface area contributed by atoms with Crippen molar-refractivity contribution in [3.05, 3.63) is 145 Å². The molecule has 49 heavy (non-hydrogen) atoms. The second-order valence-corrected chi connectivity index (χ2v) is 10.1. The molecule has 250 valence electrons. The van der Waals surface area contributed by atoms with E-state index >= 15 is 0 Å². The molecule has 0 radical (unpaired) electrons. The van der Waals surface area contributed by atoms with E-state index in [1.165, 1.54) is 0 Å². The van der Waals surface area contributed by atoms with Gasteiger partial charge in [0.15, 0.2) is 5.75 Å². The molecule has 0 heterocycles. The summed E-state index contributed by atoms with van der Waals surface area (Å²) in [5.41, 5.74) is 2.79. The van der Waals surface area contributed by atoms with Crippen LogP contribution in [0.15, 0.2) is 133 Å². The zero-order valence-electron chi connectivity index (χ0n) is 26.6. The van der Waals surface area contributed by atoms with Crippen LogP contribution >= 0.6 is 0 Å². The molecular weight excluding hydrogens is 628 g/mol. The number of hydrogen-bond donors (Lipinski definition) is 0. The highest BCUT2D eigenvalue weighted by Gasteiger charge is 2.09. The first kappa shape index (κ1) is 35.5. The summed E-state index contributed by atoms with van der Waals surface area (Å²) in [5.74, 6) is 0.470. The molecular formula is C38H34N2O9. The van der Waals surface area contributed by atoms with Gasteiger partial charge in [0.05, 0.1) is 31.2 Å². The first-order valence-corrected chi connectivity index (χ1v) is 15.2. The van der Waals surface area contributed by atoms with Crippen LogP contribution in [0.4, 0.5) is 0 Å². The fraction of sp³-hybridized carbons (Fsp3) is 0.132. The molecule has 0 aromatic heterocycles. The molecule has 11 heteroatoms. The van der Waals surface area contributed by atoms with Gasteiger partial charge in [-0.1, -0.05) is 25.3 Å². The highest BCUT2D eigenvalue weighted by Crippen LogP contribution is 2.18. The van der Waals surface area contributed by atoms with Crippen molar-refractivity contribution in [2.24, 2.45) is 10.2 Å². The molecule has 4 rings (SSSR count). The topological polar surface area (TPSA) is 131 Å². The Morgan fingerprint density at radius 3 is 1.73 bits per heavy atom. The van der Waals surface area contributed by atoms with Crippen LogP contribution in [0.25, 0.3) is 0 Å². The van der Waals surface area contributed by atoms with Crippen molar-refractivity contribution in [2.75, 3.05) is 13.2 Å². The molecule has 0 spiro atoms. The number of hydrogen-bond acceptors (Lipinski definition) is 11. The number of rotatable bonds is 18. The summed E-state index contributed by atoms with van der Waals surface area (Å²) in [4.78, 5) is 45.5. The predicted molar refractivity (Wildman–Crippen MR) is 183 cm³/mol. The Kier molecular flexibility index (Phi) is 14.0. The molecule has 0 bridgehead atoms. The first-order valence-electron chi connectivity index (χ1n) is 15.2. The average Bonchev–Trinajstić information content (AvgIpc) is 3.13. The van der Waals surface area contributed by atoms with Gasteiger partial charge in [-0.2, -0.15) is 15.1 Å². The molecule has 0 saturated carbocycles. The minimum Gasteiger partial charge on any atom is -0.494 e. The van der Waals surface area contributed by atoms with Gasteiger partial charge in [-0.3, -0.25) is 0 Å². The number of carbonyl (C=O) groups excluding carboxylic acids is 3. The number of ether oxygens (including phenoxy) is 4. The molecule has 0 aliphatic carbocycles. The van der Waals surface area contributed by atoms with Crippen LogP contribution in [0.2, 0.25) is 0 Å². The van der Waals surface area contributed by atoms with Crippen molar-refractivity contribution < 1.29 is 43.1 Å². The van der Waals surface area contributed by atoms with Crippen molar-refractivity contribution in [3.8, 4) is 23.0 Å². The minimum atomic E-state index is -0.524. The standard InChI is InChI=1S/C38H34N2O9/c1-3-36(41)45-24-6-5-23-44-32-21-13-31(14-22-32)38(43)48-34-15-7-28(8-16-34)25-39-40-26-29-9-19-35(20-10-29)49-46-27-30-11-17-33(18-12-30)47-37(42)4-2/h3-4,7-22,25-26H,1-2,5-6,23-24,27H2. The van der Waals surface area contributed by atoms with Gasteiger partial charge in [0.2, 0.25) is 0 Å². The fourth-order valence-corrected chi connectivity index (χ4v) is 3.89. The molecule has 0 aliphatic heterocycles. The third-order valence-corrected chi connectivity index (χ3v) is 6.45. The van der Waals surface area contributed by atoms with Crippen molar-refractivity contribution in [3.63, 3.8) is 0 Å². The van der Waals surface area contributed by atoms with Gasteiger partial charge >= 0.3 is 17.9 Å². The predicted octanol–water partition coefficient (Wildman–Crippen LogP) is 6.85. The monoisotopic (exact) mass is 662 g/mol. The van der Waals surface area contributed by atoms with Gasteiger partial charge in [0.25, 0.3) is 0 Å². The summed E-state index contributed by atoms with van der Waals surface area (Å²) in [5, 5.41) is 8.15. The van der Waals surface area contributed by atoms with E-state index in [2.05, 4.69) is 23.4 Å². The second kappa shape index (κ2) is 19.4. The van der Waals surface area contributed by atoms with Crippen molar-refractivity contribution in [1.82, 2.24) is 0 Å². The minimum absolute atomic E-state index is 0.197. The summed E-state index contributed by atoms with van der Waals surface area (Å²) in [6, 6.07) is 27.4. The maximum Gasteiger partial charge on any atom is 0.343 e. The number of benzene rings is 4. The first-order chi connectivity index (χ1) is 23.9. The van der Waals surface area contributed by atoms with Gasteiger partial charge < -0.3 is 23.8 Å². The van der Waals surface area contributed by atoms with E-state index in [-0.39, 0.29) is 6.61 Å². The smallest absolute Gasteiger partial charge is 0.343 e. The Hall–Kier alpha value is -6.33. The summed E-state index contributed by atoms with van der Waals surface area (Å²) < 4.78 is 21.1. The van der Waals surface area contributed by atoms with E-state index in [0.29, 0.717) is 54.6 Å². The van der Waals surface area contributed by atoms with Gasteiger partial charge in [0, 0.05) is 12.2 Å². The van der Waals surface area contributed by atoms with E-state index < -0.39 is 17.9 Å². The lowest BCUT2D eigenvalue weighted by Crippen LogP contribution is -2.08. The van der Waals surface area contributed by atoms with Crippen molar-refractivity contribution >= 4 is 30.3 Å². The molecule has 0 saturated heterocycles. The number of unbranched alkanes of at least 4 members (excludes halogenated alkanes) is 1. The van der Waals surface area contributed by atoms with Crippen LogP contribution in [0.5, 0.6) is 23.0 Å². The van der Waals surface area contributed by atoms with E-state index in [4.69, 9.17) is 28.7 Å². The summed E-state index contributed by atoms with van der Waals surface area (Å²) >= 11 is 0. The molecule has 0 N–H and O–H groups in total. The van der Waals surface area contributed by atoms with Gasteiger partial charge in [-0.25, -0.2) is 14.4 Å². The third-order valence-electron chi connectivity index (χ3n) is 6.45. The molecule has 0 atom stereocenters. The Morgan fingerprint density at radius 2 is 1.12 bits per heavy atom. The summed E-state index contributed by atoms with van der Waals surface area (Å²) in [7, 11) is 0. The Morgan fingerprint density at radius 1 is 0.592 bits per heavy atom. The highest BCUT2D eigenvalue weighted by molar-refractivity contribution is 5.91. The van der Waals surface area contributed by atoms with E-state index in [1.54, 1.807) is 109 Å². The SMILES string of the molecule is C=CC(=O)OCCCCOc1ccc(C(=O)Oc2ccc(C=NN=Cc3ccc(OOCc4ccc(OC(=O)C=C)cc4)cc3)cc2)cc1. The van der Waals surface area contributed by atoms with E-state index in [1.807, 2.05) is 0 Å². The van der Waals surface area contributed by atoms with Crippen LogP contribution in [-0.2, 0) is 25.8 Å². The molecule has 0 unspecified atom stereocenters. The second-order valence-electron chi connectivity index (χ2n) is 10.1. The quantitative estimate of drug-likeness (QED) is 0.0214. The van der Waals surface area contributed by atoms with Crippen LogP contribution < -0.4 is 19.1 Å². The fourth-order valence-electron chi connectivity index (χ4n) is 3.89. The van der Waals surface area contributed by atoms with E-state index in [0.717, 1.165) is 28.8 Å². The molecule has 4 aromatic rings. The Labute approximate surface area is 283 Å². The lowest BCUT2D eigenvalue weighted by molar-refractivity contribution is -0.217.